The van der Waals surface area contributed by atoms with Crippen LogP contribution in [0.15, 0.2) is 186 Å². The molecule has 0 fully saturated rings. The number of rotatable bonds is 6. The molecule has 1 spiro atoms. The molecular weight excluding hydrogens is 857 g/mol. The van der Waals surface area contributed by atoms with E-state index in [1.165, 1.54) is 113 Å². The van der Waals surface area contributed by atoms with Gasteiger partial charge in [0.15, 0.2) is 0 Å². The van der Waals surface area contributed by atoms with Gasteiger partial charge in [-0.1, -0.05) is 200 Å². The summed E-state index contributed by atoms with van der Waals surface area (Å²) >= 11 is 0. The number of para-hydroxylation sites is 1. The summed E-state index contributed by atoms with van der Waals surface area (Å²) in [5.74, 6) is 0. The van der Waals surface area contributed by atoms with Crippen molar-refractivity contribution in [3.63, 3.8) is 0 Å². The molecular formula is C69H70N2. The first-order chi connectivity index (χ1) is 35.0. The fourth-order valence-electron chi connectivity index (χ4n) is 11.6. The lowest BCUT2D eigenvalue weighted by Crippen LogP contribution is -2.27. The second-order valence-corrected chi connectivity index (χ2v) is 17.6. The second-order valence-electron chi connectivity index (χ2n) is 17.6. The zero-order valence-electron chi connectivity index (χ0n) is 44.0. The van der Waals surface area contributed by atoms with Gasteiger partial charge in [0.2, 0.25) is 0 Å². The number of benzene rings is 7. The lowest BCUT2D eigenvalue weighted by Gasteiger charge is -2.32. The summed E-state index contributed by atoms with van der Waals surface area (Å²) in [6.07, 6.45) is 13.4. The first-order valence-electron chi connectivity index (χ1n) is 26.4. The number of nitrogens with zero attached hydrogens (tertiary/aromatic N) is 2. The fraction of sp³-hybridized carbons (Fsp3) is 0.232. The first kappa shape index (κ1) is 49.9. The Kier molecular flexibility index (Phi) is 15.2. The highest BCUT2D eigenvalue weighted by molar-refractivity contribution is 6.18. The molecule has 356 valence electrons. The van der Waals surface area contributed by atoms with Gasteiger partial charge in [0.05, 0.1) is 22.2 Å². The lowest BCUT2D eigenvalue weighted by atomic mass is 9.68. The Morgan fingerprint density at radius 1 is 0.606 bits per heavy atom. The molecule has 2 nitrogen and oxygen atoms in total. The number of fused-ring (bicyclic) bond motifs is 12. The van der Waals surface area contributed by atoms with Crippen LogP contribution in [0.2, 0.25) is 0 Å². The molecule has 0 radical (unpaired) electrons. The summed E-state index contributed by atoms with van der Waals surface area (Å²) in [7, 11) is 1.96. The summed E-state index contributed by atoms with van der Waals surface area (Å²) < 4.78 is 2.43. The predicted molar refractivity (Wildman–Crippen MR) is 310 cm³/mol. The van der Waals surface area contributed by atoms with Crippen LogP contribution in [-0.2, 0) is 5.41 Å². The van der Waals surface area contributed by atoms with E-state index in [0.29, 0.717) is 0 Å². The smallest absolute Gasteiger partial charge is 0.0732 e. The molecule has 12 rings (SSSR count). The Morgan fingerprint density at radius 3 is 2.08 bits per heavy atom. The van der Waals surface area contributed by atoms with Gasteiger partial charge < -0.3 is 4.57 Å². The van der Waals surface area contributed by atoms with Gasteiger partial charge in [-0.25, -0.2) is 0 Å². The molecule has 1 atom stereocenters. The summed E-state index contributed by atoms with van der Waals surface area (Å²) in [5, 5.41) is 2.45. The molecule has 0 N–H and O–H groups in total. The van der Waals surface area contributed by atoms with E-state index in [2.05, 4.69) is 194 Å². The van der Waals surface area contributed by atoms with Crippen LogP contribution in [0.25, 0.3) is 67.0 Å². The molecule has 4 aliphatic rings. The van der Waals surface area contributed by atoms with E-state index in [4.69, 9.17) is 4.99 Å². The number of aromatic nitrogens is 1. The van der Waals surface area contributed by atoms with Crippen molar-refractivity contribution in [3.8, 4) is 27.9 Å². The maximum absolute atomic E-state index is 5.22. The third-order valence-electron chi connectivity index (χ3n) is 14.3. The molecule has 71 heavy (non-hydrogen) atoms. The Balaban J connectivity index is 0.000000807. The average Bonchev–Trinajstić information content (AvgIpc) is 4.04. The normalized spacial score (nSPS) is 15.5. The molecule has 1 aromatic heterocycles. The fourth-order valence-corrected chi connectivity index (χ4v) is 11.6. The minimum Gasteiger partial charge on any atom is -0.309 e. The van der Waals surface area contributed by atoms with Crippen LogP contribution < -0.4 is 0 Å². The molecule has 0 amide bonds. The molecule has 1 unspecified atom stereocenters. The average molecular weight is 927 g/mol. The van der Waals surface area contributed by atoms with Gasteiger partial charge in [0, 0.05) is 34.6 Å². The van der Waals surface area contributed by atoms with Crippen molar-refractivity contribution in [2.75, 3.05) is 7.05 Å². The van der Waals surface area contributed by atoms with E-state index >= 15 is 0 Å². The minimum atomic E-state index is -0.458. The van der Waals surface area contributed by atoms with Crippen molar-refractivity contribution in [1.82, 2.24) is 4.57 Å². The highest BCUT2D eigenvalue weighted by atomic mass is 15.0. The van der Waals surface area contributed by atoms with Crippen LogP contribution in [-0.4, -0.2) is 17.3 Å². The van der Waals surface area contributed by atoms with Gasteiger partial charge in [0.25, 0.3) is 0 Å². The zero-order valence-corrected chi connectivity index (χ0v) is 44.0. The van der Waals surface area contributed by atoms with Crippen molar-refractivity contribution in [3.05, 3.63) is 237 Å². The molecule has 0 saturated heterocycles. The van der Waals surface area contributed by atoms with Crippen LogP contribution in [0.1, 0.15) is 137 Å². The Bertz CT molecular complexity index is 3530. The third-order valence-corrected chi connectivity index (χ3v) is 14.3. The summed E-state index contributed by atoms with van der Waals surface area (Å²) in [4.78, 5) is 5.22. The number of aryl methyl sites for hydroxylation is 2. The van der Waals surface area contributed by atoms with Gasteiger partial charge in [-0.2, -0.15) is 0 Å². The Labute approximate surface area is 424 Å². The van der Waals surface area contributed by atoms with E-state index in [0.717, 1.165) is 40.9 Å². The summed E-state index contributed by atoms with van der Waals surface area (Å²) in [6.45, 7) is 24.7. The van der Waals surface area contributed by atoms with E-state index in [-0.39, 0.29) is 0 Å². The maximum Gasteiger partial charge on any atom is 0.0732 e. The van der Waals surface area contributed by atoms with Crippen LogP contribution in [0.4, 0.5) is 0 Å². The first-order valence-corrected chi connectivity index (χ1v) is 26.4. The zero-order chi connectivity index (χ0) is 50.4. The predicted octanol–water partition coefficient (Wildman–Crippen LogP) is 19.2. The number of allylic oxidation sites excluding steroid dienone is 6. The highest BCUT2D eigenvalue weighted by Gasteiger charge is 2.53. The summed E-state index contributed by atoms with van der Waals surface area (Å²) in [6, 6.07) is 52.1. The van der Waals surface area contributed by atoms with E-state index in [1.54, 1.807) is 0 Å². The van der Waals surface area contributed by atoms with E-state index < -0.39 is 5.41 Å². The SMILES string of the molecule is C=Cc1cc2c(cc1-c1ccccc1C)c1ccccc1n2-c1cccc(C(=NC)c2ccc3c(c2C2=CCCCC2)-c2ccccc2C32C3=C(C=C=C=C3)c3ccc(C)cc32)c1.CC.CC.CC.CC. The van der Waals surface area contributed by atoms with Gasteiger partial charge in [0.1, 0.15) is 0 Å². The largest absolute Gasteiger partial charge is 0.309 e. The van der Waals surface area contributed by atoms with Crippen LogP contribution in [0, 0.1) is 13.8 Å². The van der Waals surface area contributed by atoms with Crippen molar-refractivity contribution in [2.45, 2.75) is 100 Å². The Morgan fingerprint density at radius 2 is 1.34 bits per heavy atom. The third kappa shape index (κ3) is 8.07. The second kappa shape index (κ2) is 21.7. The van der Waals surface area contributed by atoms with E-state index in [9.17, 15) is 0 Å². The number of aliphatic imine (C=N–C) groups is 1. The van der Waals surface area contributed by atoms with Crippen LogP contribution in [0.3, 0.4) is 0 Å². The topological polar surface area (TPSA) is 17.3 Å². The van der Waals surface area contributed by atoms with E-state index in [1.807, 2.05) is 68.5 Å². The molecule has 0 saturated carbocycles. The molecule has 0 bridgehead atoms. The maximum atomic E-state index is 5.22. The molecule has 0 aliphatic heterocycles. The van der Waals surface area contributed by atoms with Crippen LogP contribution >= 0.6 is 0 Å². The number of hydrogen-bond donors (Lipinski definition) is 0. The quantitative estimate of drug-likeness (QED) is 0.117. The van der Waals surface area contributed by atoms with Crippen molar-refractivity contribution >= 4 is 44.7 Å². The molecule has 1 heterocycles. The van der Waals surface area contributed by atoms with Crippen molar-refractivity contribution in [1.29, 1.82) is 0 Å². The molecule has 7 aromatic carbocycles. The highest BCUT2D eigenvalue weighted by Crippen LogP contribution is 2.64. The number of hydrogen-bond acceptors (Lipinski definition) is 1. The van der Waals surface area contributed by atoms with Gasteiger partial charge in [-0.05, 0) is 160 Å². The standard InChI is InChI=1S/C61H46N2.4C2H6/c1-5-40-36-57-51(37-50(40)44-23-10-9-18-39(44)3)47-25-13-16-29-56(47)63(57)43-22-17-21-42(35-43)60(62-4)49-32-33-54-59(58(49)41-19-7-6-8-20-41)48-26-12-15-28-53(48)61(54)52-27-14-11-24-45(52)46-31-30-38(2)34-55(46)61;4*1-2/h5,9-10,12-13,15-19,21-37H,1,6-8,20H2,2-4H3;4*1-2H3. The van der Waals surface area contributed by atoms with Gasteiger partial charge in [-0.3, -0.25) is 4.99 Å². The van der Waals surface area contributed by atoms with Gasteiger partial charge >= 0.3 is 0 Å². The minimum absolute atomic E-state index is 0.458. The monoisotopic (exact) mass is 927 g/mol. The molecule has 4 aliphatic carbocycles. The summed E-state index contributed by atoms with van der Waals surface area (Å²) in [5.41, 5.74) is 32.3. The van der Waals surface area contributed by atoms with Gasteiger partial charge in [-0.15, -0.1) is 0 Å². The Hall–Kier alpha value is -7.47. The van der Waals surface area contributed by atoms with Crippen LogP contribution in [0.5, 0.6) is 0 Å². The van der Waals surface area contributed by atoms with Crippen molar-refractivity contribution in [2.24, 2.45) is 4.99 Å². The molecule has 2 heteroatoms. The lowest BCUT2D eigenvalue weighted by molar-refractivity contribution is 0.741. The molecule has 8 aromatic rings. The van der Waals surface area contributed by atoms with Crippen molar-refractivity contribution < 1.29 is 0 Å².